The van der Waals surface area contributed by atoms with Crippen molar-refractivity contribution in [3.8, 4) is 11.5 Å². The highest BCUT2D eigenvalue weighted by Gasteiger charge is 2.17. The highest BCUT2D eigenvalue weighted by molar-refractivity contribution is 5.91. The number of carbonyl (C=O) groups is 1. The molecule has 0 spiro atoms. The summed E-state index contributed by atoms with van der Waals surface area (Å²) >= 11 is 0. The minimum Gasteiger partial charge on any atom is -0.486 e. The third kappa shape index (κ3) is 4.29. The van der Waals surface area contributed by atoms with Crippen molar-refractivity contribution in [1.29, 1.82) is 0 Å². The predicted octanol–water partition coefficient (Wildman–Crippen LogP) is 2.33. The van der Waals surface area contributed by atoms with E-state index in [9.17, 15) is 9.59 Å². The molecule has 29 heavy (non-hydrogen) atoms. The standard InChI is InChI=1S/C22H21N3O4/c1-24(14-17-7-9-19-20(13-17)29-12-11-28-19)22(27)18-8-10-21(26)25(23-18)15-16-5-3-2-4-6-16/h2-10,13H,11-12,14-15H2,1H3. The van der Waals surface area contributed by atoms with Gasteiger partial charge in [0.2, 0.25) is 0 Å². The maximum absolute atomic E-state index is 12.8. The van der Waals surface area contributed by atoms with Crippen LogP contribution in [0.15, 0.2) is 65.5 Å². The number of aromatic nitrogens is 2. The molecule has 7 nitrogen and oxygen atoms in total. The summed E-state index contributed by atoms with van der Waals surface area (Å²) in [4.78, 5) is 26.6. The van der Waals surface area contributed by atoms with Gasteiger partial charge in [0, 0.05) is 19.7 Å². The lowest BCUT2D eigenvalue weighted by atomic mass is 10.1. The summed E-state index contributed by atoms with van der Waals surface area (Å²) < 4.78 is 12.4. The number of carbonyl (C=O) groups excluding carboxylic acids is 1. The Kier molecular flexibility index (Phi) is 5.29. The van der Waals surface area contributed by atoms with Crippen molar-refractivity contribution in [3.05, 3.63) is 87.8 Å². The number of ether oxygens (including phenoxy) is 2. The van der Waals surface area contributed by atoms with Gasteiger partial charge in [-0.2, -0.15) is 5.10 Å². The summed E-state index contributed by atoms with van der Waals surface area (Å²) in [7, 11) is 1.70. The van der Waals surface area contributed by atoms with E-state index < -0.39 is 0 Å². The summed E-state index contributed by atoms with van der Waals surface area (Å²) in [6.45, 7) is 1.74. The van der Waals surface area contributed by atoms with E-state index in [1.165, 1.54) is 16.8 Å². The molecule has 1 amide bonds. The lowest BCUT2D eigenvalue weighted by Gasteiger charge is -2.21. The first-order valence-electron chi connectivity index (χ1n) is 9.36. The van der Waals surface area contributed by atoms with Crippen LogP contribution in [0, 0.1) is 0 Å². The van der Waals surface area contributed by atoms with Crippen LogP contribution in [0.2, 0.25) is 0 Å². The minimum absolute atomic E-state index is 0.223. The highest BCUT2D eigenvalue weighted by atomic mass is 16.6. The maximum atomic E-state index is 12.8. The number of hydrogen-bond acceptors (Lipinski definition) is 5. The Morgan fingerprint density at radius 3 is 2.55 bits per heavy atom. The van der Waals surface area contributed by atoms with Gasteiger partial charge in [-0.05, 0) is 29.3 Å². The Labute approximate surface area is 168 Å². The van der Waals surface area contributed by atoms with Crippen molar-refractivity contribution in [3.63, 3.8) is 0 Å². The van der Waals surface area contributed by atoms with Gasteiger partial charge in [-0.1, -0.05) is 36.4 Å². The first-order valence-corrected chi connectivity index (χ1v) is 9.36. The van der Waals surface area contributed by atoms with Crippen molar-refractivity contribution in [2.24, 2.45) is 0 Å². The Morgan fingerprint density at radius 2 is 1.76 bits per heavy atom. The van der Waals surface area contributed by atoms with Gasteiger partial charge in [-0.3, -0.25) is 9.59 Å². The largest absolute Gasteiger partial charge is 0.486 e. The average molecular weight is 391 g/mol. The van der Waals surface area contributed by atoms with E-state index in [2.05, 4.69) is 5.10 Å². The van der Waals surface area contributed by atoms with Crippen LogP contribution in [0.4, 0.5) is 0 Å². The van der Waals surface area contributed by atoms with Crippen LogP contribution in [0.3, 0.4) is 0 Å². The predicted molar refractivity (Wildman–Crippen MR) is 107 cm³/mol. The zero-order chi connectivity index (χ0) is 20.2. The quantitative estimate of drug-likeness (QED) is 0.667. The molecule has 0 radical (unpaired) electrons. The molecular weight excluding hydrogens is 370 g/mol. The van der Waals surface area contributed by atoms with Gasteiger partial charge in [-0.15, -0.1) is 0 Å². The highest BCUT2D eigenvalue weighted by Crippen LogP contribution is 2.31. The Hall–Kier alpha value is -3.61. The molecule has 0 saturated carbocycles. The van der Waals surface area contributed by atoms with Crippen molar-refractivity contribution in [1.82, 2.24) is 14.7 Å². The molecule has 0 unspecified atom stereocenters. The van der Waals surface area contributed by atoms with Crippen LogP contribution < -0.4 is 15.0 Å². The Morgan fingerprint density at radius 1 is 1.00 bits per heavy atom. The SMILES string of the molecule is CN(Cc1ccc2c(c1)OCCO2)C(=O)c1ccc(=O)n(Cc2ccccc2)n1. The average Bonchev–Trinajstić information content (AvgIpc) is 2.75. The number of rotatable bonds is 5. The molecule has 2 aromatic carbocycles. The van der Waals surface area contributed by atoms with E-state index in [4.69, 9.17) is 9.47 Å². The monoisotopic (exact) mass is 391 g/mol. The molecule has 0 fully saturated rings. The third-order valence-corrected chi connectivity index (χ3v) is 4.63. The summed E-state index contributed by atoms with van der Waals surface area (Å²) in [6, 6.07) is 18.0. The molecule has 0 aliphatic carbocycles. The first kappa shape index (κ1) is 18.7. The van der Waals surface area contributed by atoms with E-state index in [0.29, 0.717) is 37.8 Å². The molecule has 7 heteroatoms. The smallest absolute Gasteiger partial charge is 0.274 e. The van der Waals surface area contributed by atoms with Crippen molar-refractivity contribution >= 4 is 5.91 Å². The van der Waals surface area contributed by atoms with Crippen LogP contribution in [0.25, 0.3) is 0 Å². The van der Waals surface area contributed by atoms with Gasteiger partial charge in [0.05, 0.1) is 6.54 Å². The lowest BCUT2D eigenvalue weighted by molar-refractivity contribution is 0.0776. The Balaban J connectivity index is 1.50. The number of amides is 1. The molecule has 1 aromatic heterocycles. The number of benzene rings is 2. The summed E-state index contributed by atoms with van der Waals surface area (Å²) in [5.41, 5.74) is 1.83. The number of hydrogen-bond donors (Lipinski definition) is 0. The molecule has 0 saturated heterocycles. The molecule has 0 bridgehead atoms. The fourth-order valence-electron chi connectivity index (χ4n) is 3.16. The first-order chi connectivity index (χ1) is 14.1. The van der Waals surface area contributed by atoms with Gasteiger partial charge in [0.15, 0.2) is 11.5 Å². The fraction of sp³-hybridized carbons (Fsp3) is 0.227. The van der Waals surface area contributed by atoms with Crippen molar-refractivity contribution < 1.29 is 14.3 Å². The van der Waals surface area contributed by atoms with Crippen molar-refractivity contribution in [2.45, 2.75) is 13.1 Å². The fourth-order valence-corrected chi connectivity index (χ4v) is 3.16. The second kappa shape index (κ2) is 8.18. The van der Waals surface area contributed by atoms with Crippen LogP contribution in [-0.4, -0.2) is 40.8 Å². The van der Waals surface area contributed by atoms with Crippen LogP contribution >= 0.6 is 0 Å². The van der Waals surface area contributed by atoms with Gasteiger partial charge in [-0.25, -0.2) is 4.68 Å². The second-order valence-corrected chi connectivity index (χ2v) is 6.84. The van der Waals surface area contributed by atoms with Crippen LogP contribution in [0.1, 0.15) is 21.6 Å². The van der Waals surface area contributed by atoms with Gasteiger partial charge in [0.25, 0.3) is 11.5 Å². The summed E-state index contributed by atoms with van der Waals surface area (Å²) in [5.74, 6) is 1.13. The second-order valence-electron chi connectivity index (χ2n) is 6.84. The molecule has 3 aromatic rings. The number of nitrogens with zero attached hydrogens (tertiary/aromatic N) is 3. The van der Waals surface area contributed by atoms with Crippen LogP contribution in [-0.2, 0) is 13.1 Å². The zero-order valence-corrected chi connectivity index (χ0v) is 16.1. The molecule has 0 atom stereocenters. The van der Waals surface area contributed by atoms with E-state index in [-0.39, 0.29) is 17.2 Å². The molecule has 1 aliphatic heterocycles. The van der Waals surface area contributed by atoms with E-state index in [0.717, 1.165) is 11.1 Å². The minimum atomic E-state index is -0.262. The maximum Gasteiger partial charge on any atom is 0.274 e. The van der Waals surface area contributed by atoms with Crippen molar-refractivity contribution in [2.75, 3.05) is 20.3 Å². The lowest BCUT2D eigenvalue weighted by Crippen LogP contribution is -2.31. The topological polar surface area (TPSA) is 73.7 Å². The van der Waals surface area contributed by atoms with Gasteiger partial charge < -0.3 is 14.4 Å². The van der Waals surface area contributed by atoms with E-state index in [1.54, 1.807) is 11.9 Å². The molecule has 1 aliphatic rings. The Bertz CT molecular complexity index is 1080. The van der Waals surface area contributed by atoms with E-state index >= 15 is 0 Å². The normalized spacial score (nSPS) is 12.4. The molecule has 0 N–H and O–H groups in total. The molecule has 2 heterocycles. The zero-order valence-electron chi connectivity index (χ0n) is 16.1. The molecule has 4 rings (SSSR count). The van der Waals surface area contributed by atoms with Crippen LogP contribution in [0.5, 0.6) is 11.5 Å². The van der Waals surface area contributed by atoms with Gasteiger partial charge >= 0.3 is 0 Å². The van der Waals surface area contributed by atoms with Gasteiger partial charge in [0.1, 0.15) is 18.9 Å². The summed E-state index contributed by atoms with van der Waals surface area (Å²) in [6.07, 6.45) is 0. The molecular formula is C22H21N3O4. The van der Waals surface area contributed by atoms with E-state index in [1.807, 2.05) is 48.5 Å². The third-order valence-electron chi connectivity index (χ3n) is 4.63. The number of fused-ring (bicyclic) bond motifs is 1. The summed E-state index contributed by atoms with van der Waals surface area (Å²) in [5, 5.41) is 4.27. The molecule has 148 valence electrons.